The predicted octanol–water partition coefficient (Wildman–Crippen LogP) is 2.68. The molecule has 11 heteroatoms. The van der Waals surface area contributed by atoms with Gasteiger partial charge in [-0.2, -0.15) is 34.8 Å². The lowest BCUT2D eigenvalue weighted by Crippen LogP contribution is -2.21. The fourth-order valence-electron chi connectivity index (χ4n) is 0.824. The predicted molar refractivity (Wildman–Crippen MR) is 55.1 cm³/mol. The van der Waals surface area contributed by atoms with Crippen LogP contribution in [0.3, 0.4) is 0 Å². The minimum atomic E-state index is -5.84. The van der Waals surface area contributed by atoms with E-state index in [9.17, 15) is 26.3 Å². The van der Waals surface area contributed by atoms with Gasteiger partial charge in [-0.3, -0.25) is 4.55 Å². The SMILES string of the molecule is O=S(=O)(O)C(F)(F)F.OC(c1ccccc1)C(F)(F)F. The smallest absolute Gasteiger partial charge is 0.379 e. The van der Waals surface area contributed by atoms with E-state index in [0.29, 0.717) is 0 Å². The summed E-state index contributed by atoms with van der Waals surface area (Å²) in [6, 6.07) is 6.96. The molecule has 0 aliphatic heterocycles. The van der Waals surface area contributed by atoms with Crippen molar-refractivity contribution in [3.8, 4) is 0 Å². The van der Waals surface area contributed by atoms with E-state index < -0.39 is 27.9 Å². The molecule has 0 saturated carbocycles. The van der Waals surface area contributed by atoms with Crippen molar-refractivity contribution in [2.75, 3.05) is 0 Å². The van der Waals surface area contributed by atoms with Crippen molar-refractivity contribution in [1.82, 2.24) is 0 Å². The van der Waals surface area contributed by atoms with Gasteiger partial charge in [0.25, 0.3) is 0 Å². The molecule has 2 N–H and O–H groups in total. The van der Waals surface area contributed by atoms with E-state index in [2.05, 4.69) is 0 Å². The Labute approximate surface area is 109 Å². The summed E-state index contributed by atoms with van der Waals surface area (Å²) in [5.41, 5.74) is -5.67. The molecule has 0 bridgehead atoms. The number of alkyl halides is 6. The van der Waals surface area contributed by atoms with Crippen molar-refractivity contribution in [3.63, 3.8) is 0 Å². The van der Waals surface area contributed by atoms with Crippen molar-refractivity contribution < 1.29 is 44.4 Å². The van der Waals surface area contributed by atoms with Crippen LogP contribution >= 0.6 is 0 Å². The lowest BCUT2D eigenvalue weighted by atomic mass is 10.1. The van der Waals surface area contributed by atoms with Gasteiger partial charge in [0.2, 0.25) is 0 Å². The van der Waals surface area contributed by atoms with Crippen molar-refractivity contribution in [2.24, 2.45) is 0 Å². The molecule has 0 amide bonds. The highest BCUT2D eigenvalue weighted by Crippen LogP contribution is 2.31. The Hall–Kier alpha value is -1.33. The molecule has 1 atom stereocenters. The molecule has 1 rings (SSSR count). The number of benzene rings is 1. The first-order valence-electron chi connectivity index (χ1n) is 4.60. The van der Waals surface area contributed by atoms with E-state index in [1.165, 1.54) is 24.3 Å². The molecule has 0 fully saturated rings. The molecule has 20 heavy (non-hydrogen) atoms. The second-order valence-electron chi connectivity index (χ2n) is 3.28. The third-order valence-electron chi connectivity index (χ3n) is 1.72. The summed E-state index contributed by atoms with van der Waals surface area (Å²) in [4.78, 5) is 0. The molecule has 0 aliphatic rings. The van der Waals surface area contributed by atoms with Crippen LogP contribution in [-0.2, 0) is 10.1 Å². The summed E-state index contributed by atoms with van der Waals surface area (Å²) in [5.74, 6) is 0. The first-order chi connectivity index (χ1) is 8.77. The molecule has 0 aromatic heterocycles. The van der Waals surface area contributed by atoms with E-state index in [-0.39, 0.29) is 5.56 Å². The molecule has 116 valence electrons. The number of aliphatic hydroxyl groups excluding tert-OH is 1. The van der Waals surface area contributed by atoms with Crippen LogP contribution in [0.4, 0.5) is 26.3 Å². The number of hydrogen-bond donors (Lipinski definition) is 2. The van der Waals surface area contributed by atoms with Crippen LogP contribution in [-0.4, -0.2) is 29.8 Å². The quantitative estimate of drug-likeness (QED) is 0.473. The highest BCUT2D eigenvalue weighted by Gasteiger charge is 2.44. The highest BCUT2D eigenvalue weighted by atomic mass is 32.2. The van der Waals surface area contributed by atoms with E-state index in [0.717, 1.165) is 0 Å². The normalized spacial score (nSPS) is 14.2. The van der Waals surface area contributed by atoms with Crippen LogP contribution < -0.4 is 0 Å². The number of hydrogen-bond acceptors (Lipinski definition) is 3. The largest absolute Gasteiger partial charge is 0.522 e. The topological polar surface area (TPSA) is 74.6 Å². The molecular formula is C9H8F6O4S. The summed E-state index contributed by atoms with van der Waals surface area (Å²) in [6.07, 6.45) is -6.96. The zero-order valence-electron chi connectivity index (χ0n) is 9.35. The van der Waals surface area contributed by atoms with E-state index >= 15 is 0 Å². The van der Waals surface area contributed by atoms with Crippen LogP contribution in [0, 0.1) is 0 Å². The lowest BCUT2D eigenvalue weighted by Gasteiger charge is -2.13. The Bertz CT molecular complexity index is 507. The van der Waals surface area contributed by atoms with Crippen LogP contribution in [0.5, 0.6) is 0 Å². The summed E-state index contributed by atoms with van der Waals surface area (Å²) in [7, 11) is -5.84. The van der Waals surface area contributed by atoms with Crippen molar-refractivity contribution in [3.05, 3.63) is 35.9 Å². The van der Waals surface area contributed by atoms with Gasteiger partial charge in [-0.15, -0.1) is 0 Å². The average molecular weight is 326 g/mol. The third kappa shape index (κ3) is 6.21. The van der Waals surface area contributed by atoms with Gasteiger partial charge in [-0.05, 0) is 5.56 Å². The number of rotatable bonds is 1. The summed E-state index contributed by atoms with van der Waals surface area (Å²) < 4.78 is 93.2. The molecule has 1 unspecified atom stereocenters. The van der Waals surface area contributed by atoms with Gasteiger partial charge in [0.05, 0.1) is 0 Å². The van der Waals surface area contributed by atoms with Gasteiger partial charge >= 0.3 is 21.8 Å². The van der Waals surface area contributed by atoms with Crippen LogP contribution in [0.2, 0.25) is 0 Å². The molecule has 0 aliphatic carbocycles. The fraction of sp³-hybridized carbons (Fsp3) is 0.333. The van der Waals surface area contributed by atoms with Gasteiger partial charge in [-0.1, -0.05) is 30.3 Å². The van der Waals surface area contributed by atoms with Gasteiger partial charge in [-0.25, -0.2) is 0 Å². The summed E-state index contributed by atoms with van der Waals surface area (Å²) in [5, 5.41) is 8.73. The van der Waals surface area contributed by atoms with Crippen LogP contribution in [0.1, 0.15) is 11.7 Å². The monoisotopic (exact) mass is 326 g/mol. The molecule has 1 aromatic rings. The minimum absolute atomic E-state index is 0.134. The third-order valence-corrected chi connectivity index (χ3v) is 2.30. The summed E-state index contributed by atoms with van der Waals surface area (Å²) >= 11 is 0. The lowest BCUT2D eigenvalue weighted by molar-refractivity contribution is -0.206. The van der Waals surface area contributed by atoms with Gasteiger partial charge < -0.3 is 5.11 Å². The molecule has 1 aromatic carbocycles. The zero-order chi connectivity index (χ0) is 16.2. The van der Waals surface area contributed by atoms with Crippen molar-refractivity contribution in [2.45, 2.75) is 17.8 Å². The van der Waals surface area contributed by atoms with Crippen LogP contribution in [0.25, 0.3) is 0 Å². The Morgan fingerprint density at radius 3 is 1.55 bits per heavy atom. The second kappa shape index (κ2) is 6.41. The number of halogens is 6. The van der Waals surface area contributed by atoms with E-state index in [1.54, 1.807) is 6.07 Å². The Morgan fingerprint density at radius 1 is 0.950 bits per heavy atom. The Kier molecular flexibility index (Phi) is 5.99. The Morgan fingerprint density at radius 2 is 1.30 bits per heavy atom. The van der Waals surface area contributed by atoms with Gasteiger partial charge in [0.15, 0.2) is 6.10 Å². The Balaban J connectivity index is 0.000000396. The highest BCUT2D eigenvalue weighted by molar-refractivity contribution is 7.86. The maximum Gasteiger partial charge on any atom is 0.522 e. The van der Waals surface area contributed by atoms with E-state index in [4.69, 9.17) is 18.1 Å². The van der Waals surface area contributed by atoms with Gasteiger partial charge in [0.1, 0.15) is 0 Å². The standard InChI is InChI=1S/C8H7F3O.CHF3O3S/c9-8(10,11)7(12)6-4-2-1-3-5-6;2-1(3,4)8(5,6)7/h1-5,7,12H;(H,5,6,7). The van der Waals surface area contributed by atoms with Crippen molar-refractivity contribution in [1.29, 1.82) is 0 Å². The number of aliphatic hydroxyl groups is 1. The maximum atomic E-state index is 11.9. The first-order valence-corrected chi connectivity index (χ1v) is 6.04. The summed E-state index contributed by atoms with van der Waals surface area (Å²) in [6.45, 7) is 0. The molecular weight excluding hydrogens is 318 g/mol. The van der Waals surface area contributed by atoms with E-state index in [1.807, 2.05) is 0 Å². The fourth-order valence-corrected chi connectivity index (χ4v) is 0.824. The minimum Gasteiger partial charge on any atom is -0.379 e. The molecule has 4 nitrogen and oxygen atoms in total. The average Bonchev–Trinajstić information content (AvgIpc) is 2.26. The maximum absolute atomic E-state index is 11.9. The molecule has 0 spiro atoms. The molecule has 0 radical (unpaired) electrons. The van der Waals surface area contributed by atoms with Crippen molar-refractivity contribution >= 4 is 10.1 Å². The molecule has 0 heterocycles. The van der Waals surface area contributed by atoms with Crippen LogP contribution in [0.15, 0.2) is 30.3 Å². The first kappa shape index (κ1) is 18.7. The zero-order valence-corrected chi connectivity index (χ0v) is 10.2. The molecule has 0 saturated heterocycles. The second-order valence-corrected chi connectivity index (χ2v) is 4.69. The van der Waals surface area contributed by atoms with Gasteiger partial charge in [0, 0.05) is 0 Å².